The molecule has 1 fully saturated rings. The molecule has 1 saturated heterocycles. The van der Waals surface area contributed by atoms with Crippen molar-refractivity contribution in [3.8, 4) is 5.88 Å². The van der Waals surface area contributed by atoms with E-state index in [-0.39, 0.29) is 0 Å². The second-order valence-corrected chi connectivity index (χ2v) is 6.51. The molecule has 1 aliphatic heterocycles. The Morgan fingerprint density at radius 3 is 2.77 bits per heavy atom. The molecule has 2 aromatic heterocycles. The third-order valence-corrected chi connectivity index (χ3v) is 4.82. The van der Waals surface area contributed by atoms with Gasteiger partial charge in [0.15, 0.2) is 0 Å². The number of nitrogens with zero attached hydrogens (tertiary/aromatic N) is 3. The molecule has 0 spiro atoms. The first-order chi connectivity index (χ1) is 10.8. The number of rotatable bonds is 6. The standard InChI is InChI=1S/C16H22N4OS/c1-21-16-10-15(22-19-16)11-18-14-4-8-20(9-5-14)12-13-2-6-17-7-3-13/h2-3,6-7,10,14,18H,4-5,8-9,11-12H2,1H3. The van der Waals surface area contributed by atoms with Gasteiger partial charge in [-0.15, -0.1) is 0 Å². The van der Waals surface area contributed by atoms with Crippen molar-refractivity contribution in [1.29, 1.82) is 0 Å². The Labute approximate surface area is 135 Å². The van der Waals surface area contributed by atoms with E-state index >= 15 is 0 Å². The maximum atomic E-state index is 5.12. The Morgan fingerprint density at radius 2 is 2.09 bits per heavy atom. The second kappa shape index (κ2) is 7.67. The highest BCUT2D eigenvalue weighted by atomic mass is 32.1. The average molecular weight is 318 g/mol. The van der Waals surface area contributed by atoms with Crippen LogP contribution in [-0.2, 0) is 13.1 Å². The van der Waals surface area contributed by atoms with E-state index in [2.05, 4.69) is 31.7 Å². The molecule has 118 valence electrons. The van der Waals surface area contributed by atoms with Gasteiger partial charge in [-0.25, -0.2) is 0 Å². The average Bonchev–Trinajstić information content (AvgIpc) is 3.03. The van der Waals surface area contributed by atoms with Gasteiger partial charge in [0.1, 0.15) is 0 Å². The molecule has 0 amide bonds. The van der Waals surface area contributed by atoms with Crippen molar-refractivity contribution in [2.45, 2.75) is 32.0 Å². The van der Waals surface area contributed by atoms with Crippen LogP contribution < -0.4 is 10.1 Å². The molecule has 3 heterocycles. The van der Waals surface area contributed by atoms with Gasteiger partial charge in [-0.1, -0.05) is 0 Å². The Kier molecular flexibility index (Phi) is 5.37. The minimum absolute atomic E-state index is 0.599. The predicted molar refractivity (Wildman–Crippen MR) is 88.0 cm³/mol. The number of piperidine rings is 1. The monoisotopic (exact) mass is 318 g/mol. The summed E-state index contributed by atoms with van der Waals surface area (Å²) in [5.74, 6) is 0.717. The van der Waals surface area contributed by atoms with Gasteiger partial charge < -0.3 is 10.1 Å². The zero-order valence-electron chi connectivity index (χ0n) is 12.9. The van der Waals surface area contributed by atoms with E-state index in [1.807, 2.05) is 18.5 Å². The zero-order valence-corrected chi connectivity index (χ0v) is 13.7. The van der Waals surface area contributed by atoms with Crippen LogP contribution in [0.3, 0.4) is 0 Å². The van der Waals surface area contributed by atoms with Crippen LogP contribution in [0.15, 0.2) is 30.6 Å². The molecule has 0 aromatic carbocycles. The number of methoxy groups -OCH3 is 1. The van der Waals surface area contributed by atoms with Crippen LogP contribution in [0.1, 0.15) is 23.3 Å². The van der Waals surface area contributed by atoms with Crippen LogP contribution in [0.25, 0.3) is 0 Å². The number of pyridine rings is 1. The van der Waals surface area contributed by atoms with Crippen LogP contribution in [0.2, 0.25) is 0 Å². The lowest BCUT2D eigenvalue weighted by molar-refractivity contribution is 0.190. The molecular formula is C16H22N4OS. The largest absolute Gasteiger partial charge is 0.480 e. The van der Waals surface area contributed by atoms with Crippen molar-refractivity contribution in [3.05, 3.63) is 41.0 Å². The SMILES string of the molecule is COc1cc(CNC2CCN(Cc3ccncc3)CC2)sn1. The molecule has 3 rings (SSSR count). The summed E-state index contributed by atoms with van der Waals surface area (Å²) in [7, 11) is 1.66. The molecule has 22 heavy (non-hydrogen) atoms. The van der Waals surface area contributed by atoms with E-state index in [1.165, 1.54) is 34.8 Å². The van der Waals surface area contributed by atoms with Crippen LogP contribution in [0, 0.1) is 0 Å². The van der Waals surface area contributed by atoms with Crippen molar-refractivity contribution in [2.24, 2.45) is 0 Å². The second-order valence-electron chi connectivity index (χ2n) is 5.62. The van der Waals surface area contributed by atoms with E-state index in [0.717, 1.165) is 26.2 Å². The first-order valence-electron chi connectivity index (χ1n) is 7.67. The fourth-order valence-corrected chi connectivity index (χ4v) is 3.40. The fraction of sp³-hybridized carbons (Fsp3) is 0.500. The summed E-state index contributed by atoms with van der Waals surface area (Å²) in [5, 5.41) is 3.64. The molecule has 0 unspecified atom stereocenters. The highest BCUT2D eigenvalue weighted by Crippen LogP contribution is 2.18. The number of ether oxygens (including phenoxy) is 1. The van der Waals surface area contributed by atoms with Gasteiger partial charge in [0.25, 0.3) is 0 Å². The van der Waals surface area contributed by atoms with Gasteiger partial charge in [0.05, 0.1) is 7.11 Å². The summed E-state index contributed by atoms with van der Waals surface area (Å²) in [6, 6.07) is 6.81. The minimum atomic E-state index is 0.599. The van der Waals surface area contributed by atoms with Crippen molar-refractivity contribution in [1.82, 2.24) is 19.6 Å². The normalized spacial score (nSPS) is 16.8. The van der Waals surface area contributed by atoms with Gasteiger partial charge >= 0.3 is 0 Å². The molecule has 0 bridgehead atoms. The van der Waals surface area contributed by atoms with Crippen molar-refractivity contribution in [2.75, 3.05) is 20.2 Å². The predicted octanol–water partition coefficient (Wildman–Crippen LogP) is 2.30. The number of aromatic nitrogens is 2. The highest BCUT2D eigenvalue weighted by molar-refractivity contribution is 7.05. The minimum Gasteiger partial charge on any atom is -0.480 e. The molecule has 2 aromatic rings. The Hall–Kier alpha value is -1.50. The van der Waals surface area contributed by atoms with E-state index in [9.17, 15) is 0 Å². The fourth-order valence-electron chi connectivity index (χ4n) is 2.76. The highest BCUT2D eigenvalue weighted by Gasteiger charge is 2.19. The molecule has 1 N–H and O–H groups in total. The number of hydrogen-bond donors (Lipinski definition) is 1. The maximum Gasteiger partial charge on any atom is 0.225 e. The third-order valence-electron chi connectivity index (χ3n) is 4.05. The van der Waals surface area contributed by atoms with Crippen LogP contribution in [0.4, 0.5) is 0 Å². The van der Waals surface area contributed by atoms with Gasteiger partial charge in [0, 0.05) is 42.5 Å². The van der Waals surface area contributed by atoms with E-state index < -0.39 is 0 Å². The lowest BCUT2D eigenvalue weighted by Gasteiger charge is -2.32. The number of hydrogen-bond acceptors (Lipinski definition) is 6. The van der Waals surface area contributed by atoms with Gasteiger partial charge in [-0.2, -0.15) is 4.37 Å². The van der Waals surface area contributed by atoms with Crippen molar-refractivity contribution < 1.29 is 4.74 Å². The van der Waals surface area contributed by atoms with Gasteiger partial charge in [-0.3, -0.25) is 9.88 Å². The molecule has 0 radical (unpaired) electrons. The Morgan fingerprint density at radius 1 is 1.32 bits per heavy atom. The lowest BCUT2D eigenvalue weighted by Crippen LogP contribution is -2.41. The number of nitrogens with one attached hydrogen (secondary N) is 1. The van der Waals surface area contributed by atoms with E-state index in [1.54, 1.807) is 7.11 Å². The lowest BCUT2D eigenvalue weighted by atomic mass is 10.0. The molecule has 0 saturated carbocycles. The molecular weight excluding hydrogens is 296 g/mol. The Balaban J connectivity index is 1.40. The zero-order chi connectivity index (χ0) is 15.2. The van der Waals surface area contributed by atoms with Crippen LogP contribution >= 0.6 is 11.5 Å². The van der Waals surface area contributed by atoms with Crippen molar-refractivity contribution in [3.63, 3.8) is 0 Å². The third kappa shape index (κ3) is 4.25. The molecule has 5 nitrogen and oxygen atoms in total. The summed E-state index contributed by atoms with van der Waals surface area (Å²) >= 11 is 1.51. The topological polar surface area (TPSA) is 50.3 Å². The van der Waals surface area contributed by atoms with Crippen molar-refractivity contribution >= 4 is 11.5 Å². The van der Waals surface area contributed by atoms with Crippen LogP contribution in [0.5, 0.6) is 5.88 Å². The molecule has 6 heteroatoms. The van der Waals surface area contributed by atoms with Gasteiger partial charge in [0.2, 0.25) is 5.88 Å². The van der Waals surface area contributed by atoms with Crippen LogP contribution in [-0.4, -0.2) is 40.5 Å². The van der Waals surface area contributed by atoms with Gasteiger partial charge in [-0.05, 0) is 55.2 Å². The van der Waals surface area contributed by atoms with E-state index in [0.29, 0.717) is 11.9 Å². The summed E-state index contributed by atoms with van der Waals surface area (Å²) in [5.41, 5.74) is 1.35. The number of likely N-dealkylation sites (tertiary alicyclic amines) is 1. The van der Waals surface area contributed by atoms with E-state index in [4.69, 9.17) is 4.74 Å². The molecule has 0 aliphatic carbocycles. The Bertz CT molecular complexity index is 567. The first-order valence-corrected chi connectivity index (χ1v) is 8.45. The molecule has 1 aliphatic rings. The first kappa shape index (κ1) is 15.4. The smallest absolute Gasteiger partial charge is 0.225 e. The summed E-state index contributed by atoms with van der Waals surface area (Å²) in [6.07, 6.45) is 6.13. The molecule has 0 atom stereocenters. The summed E-state index contributed by atoms with van der Waals surface area (Å²) in [4.78, 5) is 7.82. The summed E-state index contributed by atoms with van der Waals surface area (Å²) < 4.78 is 9.34. The summed E-state index contributed by atoms with van der Waals surface area (Å²) in [6.45, 7) is 4.20. The maximum absolute atomic E-state index is 5.12. The quantitative estimate of drug-likeness (QED) is 0.886.